The van der Waals surface area contributed by atoms with Crippen molar-refractivity contribution in [2.45, 2.75) is 51.6 Å². The predicted molar refractivity (Wildman–Crippen MR) is 130 cm³/mol. The Morgan fingerprint density at radius 1 is 1.21 bits per heavy atom. The van der Waals surface area contributed by atoms with Crippen LogP contribution in [-0.4, -0.2) is 30.1 Å². The maximum absolute atomic E-state index is 13.7. The molecule has 1 aromatic carbocycles. The second-order valence-electron chi connectivity index (χ2n) is 10.3. The van der Waals surface area contributed by atoms with Gasteiger partial charge in [0.05, 0.1) is 18.2 Å². The first-order chi connectivity index (χ1) is 16.4. The molecule has 174 valence electrons. The summed E-state index contributed by atoms with van der Waals surface area (Å²) >= 11 is 0. The van der Waals surface area contributed by atoms with Crippen LogP contribution in [0.25, 0.3) is 0 Å². The van der Waals surface area contributed by atoms with E-state index in [0.717, 1.165) is 53.2 Å². The zero-order chi connectivity index (χ0) is 23.5. The van der Waals surface area contributed by atoms with Gasteiger partial charge in [0.1, 0.15) is 12.3 Å². The number of ether oxygens (including phenoxy) is 1. The lowest BCUT2D eigenvalue weighted by molar-refractivity contribution is -0.119. The molecule has 0 spiro atoms. The maximum Gasteiger partial charge on any atom is 0.237 e. The number of hydrogen-bond donors (Lipinski definition) is 1. The summed E-state index contributed by atoms with van der Waals surface area (Å²) in [6.45, 7) is 7.80. The number of carbonyl (C=O) groups is 1. The zero-order valence-electron chi connectivity index (χ0n) is 19.8. The molecule has 4 aliphatic rings. The molecule has 3 aliphatic heterocycles. The van der Waals surface area contributed by atoms with Crippen LogP contribution in [0.15, 0.2) is 75.9 Å². The Hall–Kier alpha value is -3.48. The number of nitrogens with zero attached hydrogens (tertiary/aromatic N) is 4. The monoisotopic (exact) mass is 455 g/mol. The van der Waals surface area contributed by atoms with Crippen molar-refractivity contribution >= 4 is 17.2 Å². The van der Waals surface area contributed by atoms with E-state index in [1.165, 1.54) is 0 Å². The fraction of sp³-hybridized carbons (Fsp3) is 0.407. The Labute approximate surface area is 199 Å². The lowest BCUT2D eigenvalue weighted by Gasteiger charge is -2.48. The Morgan fingerprint density at radius 3 is 2.94 bits per heavy atom. The first kappa shape index (κ1) is 21.1. The van der Waals surface area contributed by atoms with E-state index in [-0.39, 0.29) is 17.4 Å². The number of azo groups is 1. The molecule has 0 amide bonds. The fourth-order valence-corrected chi connectivity index (χ4v) is 6.15. The van der Waals surface area contributed by atoms with Gasteiger partial charge in [-0.1, -0.05) is 32.9 Å². The molecular formula is C27H29N5O2. The number of nitrogens with one attached hydrogen (secondary N) is 1. The molecule has 6 rings (SSSR count). The largest absolute Gasteiger partial charge is 0.474 e. The summed E-state index contributed by atoms with van der Waals surface area (Å²) in [6, 6.07) is 12.6. The van der Waals surface area contributed by atoms with Crippen LogP contribution in [0.5, 0.6) is 5.88 Å². The third kappa shape index (κ3) is 3.02. The van der Waals surface area contributed by atoms with Gasteiger partial charge in [-0.2, -0.15) is 10.2 Å². The summed E-state index contributed by atoms with van der Waals surface area (Å²) in [7, 11) is 0. The van der Waals surface area contributed by atoms with Gasteiger partial charge in [0.25, 0.3) is 0 Å². The van der Waals surface area contributed by atoms with E-state index in [1.54, 1.807) is 6.20 Å². The number of ketones is 1. The Morgan fingerprint density at radius 2 is 2.09 bits per heavy atom. The van der Waals surface area contributed by atoms with Crippen molar-refractivity contribution in [3.63, 3.8) is 0 Å². The Kier molecular flexibility index (Phi) is 4.66. The van der Waals surface area contributed by atoms with Crippen LogP contribution >= 0.6 is 0 Å². The summed E-state index contributed by atoms with van der Waals surface area (Å²) < 4.78 is 5.78. The van der Waals surface area contributed by atoms with Gasteiger partial charge in [0, 0.05) is 35.1 Å². The highest BCUT2D eigenvalue weighted by molar-refractivity contribution is 6.01. The van der Waals surface area contributed by atoms with Crippen molar-refractivity contribution in [3.8, 4) is 5.88 Å². The first-order valence-corrected chi connectivity index (χ1v) is 12.0. The smallest absolute Gasteiger partial charge is 0.237 e. The van der Waals surface area contributed by atoms with Gasteiger partial charge in [-0.15, -0.1) is 0 Å². The number of Topliss-reactive ketones (excluding diaryl/α,β-unsaturated/α-hetero) is 1. The average molecular weight is 456 g/mol. The van der Waals surface area contributed by atoms with Gasteiger partial charge in [-0.3, -0.25) is 4.79 Å². The SMILES string of the molecule is CC[C@]1(c2cccc(N3CCOc4ncccc43)c2)C2=CN=NC2NC2=C1C(=O)CC(C)(C)C2. The molecule has 0 fully saturated rings. The highest BCUT2D eigenvalue weighted by atomic mass is 16.5. The van der Waals surface area contributed by atoms with Crippen LogP contribution in [0.3, 0.4) is 0 Å². The van der Waals surface area contributed by atoms with Crippen LogP contribution < -0.4 is 15.0 Å². The van der Waals surface area contributed by atoms with Crippen molar-refractivity contribution < 1.29 is 9.53 Å². The molecule has 7 heteroatoms. The molecule has 1 N–H and O–H groups in total. The number of hydrogen-bond acceptors (Lipinski definition) is 7. The van der Waals surface area contributed by atoms with Crippen LogP contribution in [0.2, 0.25) is 0 Å². The van der Waals surface area contributed by atoms with Gasteiger partial charge in [0.15, 0.2) is 11.9 Å². The minimum Gasteiger partial charge on any atom is -0.474 e. The predicted octanol–water partition coefficient (Wildman–Crippen LogP) is 5.18. The molecule has 0 saturated carbocycles. The van der Waals surface area contributed by atoms with Crippen LogP contribution in [0, 0.1) is 5.41 Å². The molecule has 7 nitrogen and oxygen atoms in total. The Balaban J connectivity index is 1.53. The van der Waals surface area contributed by atoms with E-state index in [1.807, 2.05) is 18.3 Å². The molecule has 2 atom stereocenters. The molecule has 1 aromatic heterocycles. The Bertz CT molecular complexity index is 1280. The van der Waals surface area contributed by atoms with Gasteiger partial charge < -0.3 is 15.0 Å². The first-order valence-electron chi connectivity index (χ1n) is 12.0. The molecule has 1 aliphatic carbocycles. The number of anilines is 2. The quantitative estimate of drug-likeness (QED) is 0.690. The number of allylic oxidation sites excluding steroid dienone is 2. The highest BCUT2D eigenvalue weighted by Crippen LogP contribution is 2.54. The van der Waals surface area contributed by atoms with Crippen LogP contribution in [0.1, 0.15) is 45.6 Å². The van der Waals surface area contributed by atoms with Crippen LogP contribution in [-0.2, 0) is 10.2 Å². The highest BCUT2D eigenvalue weighted by Gasteiger charge is 2.53. The molecule has 4 heterocycles. The third-order valence-corrected chi connectivity index (χ3v) is 7.56. The van der Waals surface area contributed by atoms with Gasteiger partial charge in [0.2, 0.25) is 5.88 Å². The lowest BCUT2D eigenvalue weighted by Crippen LogP contribution is -2.51. The number of fused-ring (bicyclic) bond motifs is 2. The van der Waals surface area contributed by atoms with Crippen molar-refractivity contribution in [3.05, 3.63) is 71.2 Å². The van der Waals surface area contributed by atoms with E-state index < -0.39 is 5.41 Å². The normalized spacial score (nSPS) is 26.8. The minimum atomic E-state index is -0.553. The van der Waals surface area contributed by atoms with Gasteiger partial charge in [-0.25, -0.2) is 4.98 Å². The molecule has 0 saturated heterocycles. The zero-order valence-corrected chi connectivity index (χ0v) is 19.8. The third-order valence-electron chi connectivity index (χ3n) is 7.56. The second-order valence-corrected chi connectivity index (χ2v) is 10.3. The average Bonchev–Trinajstić information content (AvgIpc) is 3.30. The minimum absolute atomic E-state index is 0.0777. The van der Waals surface area contributed by atoms with Crippen LogP contribution in [0.4, 0.5) is 11.4 Å². The number of carbonyl (C=O) groups excluding carboxylic acids is 1. The lowest BCUT2D eigenvalue weighted by atomic mass is 9.59. The standard InChI is InChI=1S/C27H29N5O2/c1-4-27(19-16-29-31-24(19)30-20-14-26(2,3)15-22(33)23(20)27)17-7-5-8-18(13-17)32-11-12-34-25-21(32)9-6-10-28-25/h5-10,13,16,24,30H,4,11-12,14-15H2,1-3H3/t24?,27-/m0/s1. The van der Waals surface area contributed by atoms with Gasteiger partial charge in [-0.05, 0) is 48.1 Å². The molecule has 0 bridgehead atoms. The van der Waals surface area contributed by atoms with Gasteiger partial charge >= 0.3 is 0 Å². The summed E-state index contributed by atoms with van der Waals surface area (Å²) in [5.41, 5.74) is 5.48. The summed E-state index contributed by atoms with van der Waals surface area (Å²) in [5, 5.41) is 12.3. The fourth-order valence-electron chi connectivity index (χ4n) is 6.15. The summed E-state index contributed by atoms with van der Waals surface area (Å²) in [5.74, 6) is 0.871. The van der Waals surface area contributed by atoms with E-state index in [9.17, 15) is 4.79 Å². The number of aromatic nitrogens is 1. The van der Waals surface area contributed by atoms with Crippen molar-refractivity contribution in [1.82, 2.24) is 10.3 Å². The van der Waals surface area contributed by atoms with Crippen molar-refractivity contribution in [2.24, 2.45) is 15.6 Å². The second kappa shape index (κ2) is 7.52. The molecule has 2 aromatic rings. The number of rotatable bonds is 3. The topological polar surface area (TPSA) is 79.2 Å². The number of benzene rings is 1. The molecule has 0 radical (unpaired) electrons. The maximum atomic E-state index is 13.7. The summed E-state index contributed by atoms with van der Waals surface area (Å²) in [6.07, 6.45) is 5.53. The molecular weight excluding hydrogens is 426 g/mol. The molecule has 34 heavy (non-hydrogen) atoms. The van der Waals surface area contributed by atoms with Crippen molar-refractivity contribution in [1.29, 1.82) is 0 Å². The number of pyridine rings is 1. The van der Waals surface area contributed by atoms with Crippen molar-refractivity contribution in [2.75, 3.05) is 18.1 Å². The van der Waals surface area contributed by atoms with E-state index in [4.69, 9.17) is 4.74 Å². The van der Waals surface area contributed by atoms with E-state index in [0.29, 0.717) is 18.9 Å². The molecule has 1 unspecified atom stereocenters. The summed E-state index contributed by atoms with van der Waals surface area (Å²) in [4.78, 5) is 20.4. The van der Waals surface area contributed by atoms with E-state index in [2.05, 4.69) is 70.5 Å². The van der Waals surface area contributed by atoms with E-state index >= 15 is 0 Å².